The molecule has 1 saturated heterocycles. The summed E-state index contributed by atoms with van der Waals surface area (Å²) >= 11 is 5.92. The van der Waals surface area contributed by atoms with Crippen LogP contribution in [-0.2, 0) is 21.0 Å². The van der Waals surface area contributed by atoms with Crippen LogP contribution in [0.3, 0.4) is 0 Å². The number of piperazine rings is 1. The maximum absolute atomic E-state index is 13.5. The van der Waals surface area contributed by atoms with Gasteiger partial charge in [-0.15, -0.1) is 0 Å². The lowest BCUT2D eigenvalue weighted by Crippen LogP contribution is -2.56. The number of alkyl halides is 3. The molecule has 2 aliphatic heterocycles. The van der Waals surface area contributed by atoms with Crippen LogP contribution in [0.25, 0.3) is 0 Å². The Morgan fingerprint density at radius 1 is 0.921 bits per heavy atom. The average molecular weight is 566 g/mol. The second kappa shape index (κ2) is 10.0. The van der Waals surface area contributed by atoms with Crippen molar-refractivity contribution in [1.82, 2.24) is 4.90 Å². The molecule has 3 aromatic rings. The number of anilines is 2. The Hall–Kier alpha value is -3.44. The first kappa shape index (κ1) is 26.2. The van der Waals surface area contributed by atoms with Gasteiger partial charge in [0.1, 0.15) is 5.75 Å². The topological polar surface area (TPSA) is 70.2 Å². The number of para-hydroxylation sites is 2. The highest BCUT2D eigenvalue weighted by Gasteiger charge is 2.40. The fourth-order valence-electron chi connectivity index (χ4n) is 4.56. The second-order valence-corrected chi connectivity index (χ2v) is 11.2. The predicted octanol–water partition coefficient (Wildman–Crippen LogP) is 4.66. The van der Waals surface area contributed by atoms with Gasteiger partial charge in [0.05, 0.1) is 22.7 Å². The van der Waals surface area contributed by atoms with Crippen LogP contribution in [0.15, 0.2) is 77.7 Å². The summed E-state index contributed by atoms with van der Waals surface area (Å²) in [5, 5.41) is 0.392. The molecule has 0 N–H and O–H groups in total. The van der Waals surface area contributed by atoms with Crippen LogP contribution in [0.2, 0.25) is 5.02 Å². The lowest BCUT2D eigenvalue weighted by Gasteiger charge is -2.40. The van der Waals surface area contributed by atoms with Crippen LogP contribution in [0.4, 0.5) is 24.5 Å². The number of ether oxygens (including phenoxy) is 1. The lowest BCUT2D eigenvalue weighted by atomic mass is 10.1. The van der Waals surface area contributed by atoms with Crippen LogP contribution in [0.5, 0.6) is 5.75 Å². The number of carbonyl (C=O) groups is 1. The van der Waals surface area contributed by atoms with E-state index in [-0.39, 0.29) is 36.2 Å². The zero-order chi connectivity index (χ0) is 27.1. The minimum atomic E-state index is -4.44. The maximum atomic E-state index is 13.5. The van der Waals surface area contributed by atoms with Crippen LogP contribution < -0.4 is 13.9 Å². The van der Waals surface area contributed by atoms with Gasteiger partial charge in [-0.1, -0.05) is 29.8 Å². The van der Waals surface area contributed by atoms with E-state index in [4.69, 9.17) is 16.3 Å². The molecule has 3 aromatic carbocycles. The fraction of sp³-hybridized carbons (Fsp3) is 0.269. The monoisotopic (exact) mass is 565 g/mol. The van der Waals surface area contributed by atoms with Gasteiger partial charge < -0.3 is 14.5 Å². The van der Waals surface area contributed by atoms with E-state index in [0.29, 0.717) is 29.5 Å². The average Bonchev–Trinajstić information content (AvgIpc) is 2.92. The van der Waals surface area contributed by atoms with E-state index < -0.39 is 27.9 Å². The Labute approximate surface area is 223 Å². The molecule has 38 heavy (non-hydrogen) atoms. The molecule has 12 heteroatoms. The predicted molar refractivity (Wildman–Crippen MR) is 137 cm³/mol. The van der Waals surface area contributed by atoms with Crippen molar-refractivity contribution in [2.45, 2.75) is 17.2 Å². The molecule has 5 rings (SSSR count). The highest BCUT2D eigenvalue weighted by atomic mass is 35.5. The van der Waals surface area contributed by atoms with E-state index in [1.54, 1.807) is 40.1 Å². The summed E-state index contributed by atoms with van der Waals surface area (Å²) in [7, 11) is -4.03. The molecule has 1 fully saturated rings. The van der Waals surface area contributed by atoms with E-state index >= 15 is 0 Å². The summed E-state index contributed by atoms with van der Waals surface area (Å²) in [4.78, 5) is 16.8. The van der Waals surface area contributed by atoms with Gasteiger partial charge in [0, 0.05) is 36.9 Å². The normalized spacial score (nSPS) is 18.1. The molecule has 0 aliphatic carbocycles. The Balaban J connectivity index is 1.33. The molecule has 0 aromatic heterocycles. The first-order valence-corrected chi connectivity index (χ1v) is 13.6. The molecule has 1 atom stereocenters. The lowest BCUT2D eigenvalue weighted by molar-refractivity contribution is -0.139. The summed E-state index contributed by atoms with van der Waals surface area (Å²) in [6, 6.07) is 17.4. The highest BCUT2D eigenvalue weighted by molar-refractivity contribution is 7.92. The molecule has 1 amide bonds. The Kier molecular flexibility index (Phi) is 6.91. The third-order valence-corrected chi connectivity index (χ3v) is 8.59. The molecule has 0 saturated carbocycles. The first-order chi connectivity index (χ1) is 18.0. The standard InChI is InChI=1S/C26H23ClF3N3O4S/c27-19-8-10-21(11-9-19)38(35,36)33-17-24(37-23-7-2-1-6-22(23)33)25(34)32-14-12-31(13-15-32)20-5-3-4-18(16-20)26(28,29)30/h1-11,16,24H,12-15,17H2/t24-/m1/s1. The van der Waals surface area contributed by atoms with E-state index in [9.17, 15) is 26.4 Å². The van der Waals surface area contributed by atoms with Crippen LogP contribution >= 0.6 is 11.6 Å². The van der Waals surface area contributed by atoms with E-state index in [0.717, 1.165) is 16.4 Å². The van der Waals surface area contributed by atoms with E-state index in [1.165, 1.54) is 30.3 Å². The Morgan fingerprint density at radius 3 is 2.29 bits per heavy atom. The van der Waals surface area contributed by atoms with E-state index in [2.05, 4.69) is 0 Å². The number of hydrogen-bond donors (Lipinski definition) is 0. The fourth-order valence-corrected chi connectivity index (χ4v) is 6.16. The Morgan fingerprint density at radius 2 is 1.61 bits per heavy atom. The van der Waals surface area contributed by atoms with Gasteiger partial charge in [0.2, 0.25) is 0 Å². The van der Waals surface area contributed by atoms with Crippen molar-refractivity contribution < 1.29 is 31.1 Å². The third-order valence-electron chi connectivity index (χ3n) is 6.54. The summed E-state index contributed by atoms with van der Waals surface area (Å²) in [6.07, 6.45) is -5.53. The van der Waals surface area contributed by atoms with Gasteiger partial charge in [-0.3, -0.25) is 9.10 Å². The van der Waals surface area contributed by atoms with Crippen molar-refractivity contribution in [2.24, 2.45) is 0 Å². The highest BCUT2D eigenvalue weighted by Crippen LogP contribution is 2.37. The largest absolute Gasteiger partial charge is 0.476 e. The number of nitrogens with zero attached hydrogens (tertiary/aromatic N) is 3. The number of amides is 1. The Bertz CT molecular complexity index is 1440. The SMILES string of the molecule is O=C([C@H]1CN(S(=O)(=O)c2ccc(Cl)cc2)c2ccccc2O1)N1CCN(c2cccc(C(F)(F)F)c2)CC1. The number of hydrogen-bond acceptors (Lipinski definition) is 5. The van der Waals surface area contributed by atoms with Crippen LogP contribution in [-0.4, -0.2) is 58.1 Å². The second-order valence-electron chi connectivity index (χ2n) is 8.92. The molecule has 0 radical (unpaired) electrons. The molecule has 200 valence electrons. The van der Waals surface area contributed by atoms with Crippen LogP contribution in [0.1, 0.15) is 5.56 Å². The van der Waals surface area contributed by atoms with Gasteiger partial charge in [-0.2, -0.15) is 13.2 Å². The summed E-state index contributed by atoms with van der Waals surface area (Å²) in [6.45, 7) is 0.919. The minimum absolute atomic E-state index is 0.0273. The number of benzene rings is 3. The van der Waals surface area contributed by atoms with Crippen molar-refractivity contribution in [3.05, 3.63) is 83.4 Å². The van der Waals surface area contributed by atoms with Crippen molar-refractivity contribution in [2.75, 3.05) is 41.9 Å². The van der Waals surface area contributed by atoms with Gasteiger partial charge in [0.25, 0.3) is 15.9 Å². The zero-order valence-electron chi connectivity index (χ0n) is 19.9. The molecule has 0 unspecified atom stereocenters. The van der Waals surface area contributed by atoms with Gasteiger partial charge in [-0.05, 0) is 54.6 Å². The van der Waals surface area contributed by atoms with Gasteiger partial charge >= 0.3 is 6.18 Å². The summed E-state index contributed by atoms with van der Waals surface area (Å²) < 4.78 is 73.5. The smallest absolute Gasteiger partial charge is 0.416 e. The molecule has 2 aliphatic rings. The quantitative estimate of drug-likeness (QED) is 0.460. The van der Waals surface area contributed by atoms with Crippen molar-refractivity contribution in [1.29, 1.82) is 0 Å². The van der Waals surface area contributed by atoms with Crippen molar-refractivity contribution in [3.8, 4) is 5.75 Å². The summed E-state index contributed by atoms with van der Waals surface area (Å²) in [5.74, 6) is -0.128. The summed E-state index contributed by atoms with van der Waals surface area (Å²) in [5.41, 5.74) is 0.0145. The van der Waals surface area contributed by atoms with Crippen molar-refractivity contribution >= 4 is 38.9 Å². The maximum Gasteiger partial charge on any atom is 0.416 e. The molecule has 7 nitrogen and oxygen atoms in total. The van der Waals surface area contributed by atoms with Crippen molar-refractivity contribution in [3.63, 3.8) is 0 Å². The number of halogens is 4. The number of carbonyl (C=O) groups excluding carboxylic acids is 1. The van der Waals surface area contributed by atoms with Gasteiger partial charge in [0.15, 0.2) is 6.10 Å². The molecule has 0 spiro atoms. The molecular weight excluding hydrogens is 543 g/mol. The van der Waals surface area contributed by atoms with Crippen LogP contribution in [0, 0.1) is 0 Å². The number of sulfonamides is 1. The van der Waals surface area contributed by atoms with E-state index in [1.807, 2.05) is 0 Å². The molecule has 0 bridgehead atoms. The number of fused-ring (bicyclic) bond motifs is 1. The van der Waals surface area contributed by atoms with Gasteiger partial charge in [-0.25, -0.2) is 8.42 Å². The molecule has 2 heterocycles. The minimum Gasteiger partial charge on any atom is -0.476 e. The molecular formula is C26H23ClF3N3O4S. The third kappa shape index (κ3) is 5.12. The first-order valence-electron chi connectivity index (χ1n) is 11.8. The zero-order valence-corrected chi connectivity index (χ0v) is 21.5. The number of rotatable bonds is 4.